The maximum atomic E-state index is 5.50. The third-order valence-corrected chi connectivity index (χ3v) is 3.13. The highest BCUT2D eigenvalue weighted by Gasteiger charge is 2.04. The van der Waals surface area contributed by atoms with Gasteiger partial charge in [-0.1, -0.05) is 11.3 Å². The van der Waals surface area contributed by atoms with E-state index in [1.165, 1.54) is 11.3 Å². The summed E-state index contributed by atoms with van der Waals surface area (Å²) in [7, 11) is 3.33. The van der Waals surface area contributed by atoms with Crippen LogP contribution in [0.4, 0.5) is 0 Å². The molecule has 0 saturated carbocycles. The van der Waals surface area contributed by atoms with Crippen LogP contribution in [-0.4, -0.2) is 64.0 Å². The Morgan fingerprint density at radius 3 is 2.65 bits per heavy atom. The lowest BCUT2D eigenvalue weighted by Gasteiger charge is -2.03. The Hall–Kier alpha value is -0.800. The smallest absolute Gasteiger partial charge is 0.294 e. The zero-order chi connectivity index (χ0) is 14.5. The minimum atomic E-state index is 0.582. The molecule has 20 heavy (non-hydrogen) atoms. The molecule has 0 atom stereocenters. The van der Waals surface area contributed by atoms with Gasteiger partial charge >= 0.3 is 0 Å². The van der Waals surface area contributed by atoms with Crippen LogP contribution in [0.25, 0.3) is 0 Å². The van der Waals surface area contributed by atoms with E-state index in [2.05, 4.69) is 15.5 Å². The van der Waals surface area contributed by atoms with Crippen LogP contribution in [0.15, 0.2) is 0 Å². The number of nitrogens with one attached hydrogen (secondary N) is 1. The lowest BCUT2D eigenvalue weighted by atomic mass is 10.5. The number of hydrogen-bond donors (Lipinski definition) is 1. The average Bonchev–Trinajstić information content (AvgIpc) is 2.90. The Bertz CT molecular complexity index is 338. The van der Waals surface area contributed by atoms with Gasteiger partial charge in [0.2, 0.25) is 0 Å². The number of aromatic nitrogens is 2. The summed E-state index contributed by atoms with van der Waals surface area (Å²) in [4.78, 5) is 0. The third-order valence-electron chi connectivity index (χ3n) is 2.30. The molecule has 0 saturated heterocycles. The van der Waals surface area contributed by atoms with Crippen molar-refractivity contribution in [2.24, 2.45) is 0 Å². The van der Waals surface area contributed by atoms with Gasteiger partial charge in [-0.15, -0.1) is 10.2 Å². The minimum absolute atomic E-state index is 0.582. The van der Waals surface area contributed by atoms with Crippen LogP contribution in [0.5, 0.6) is 5.19 Å². The van der Waals surface area contributed by atoms with Crippen LogP contribution >= 0.6 is 11.3 Å². The molecule has 0 unspecified atom stereocenters. The van der Waals surface area contributed by atoms with Gasteiger partial charge < -0.3 is 24.3 Å². The molecule has 1 aromatic heterocycles. The predicted octanol–water partition coefficient (Wildman–Crippen LogP) is 0.706. The van der Waals surface area contributed by atoms with Crippen molar-refractivity contribution in [2.75, 3.05) is 53.8 Å². The van der Waals surface area contributed by atoms with Crippen LogP contribution in [-0.2, 0) is 20.8 Å². The highest BCUT2D eigenvalue weighted by molar-refractivity contribution is 7.13. The first kappa shape index (κ1) is 17.3. The van der Waals surface area contributed by atoms with Crippen molar-refractivity contribution >= 4 is 11.3 Å². The Morgan fingerprint density at radius 1 is 1.00 bits per heavy atom. The van der Waals surface area contributed by atoms with Crippen molar-refractivity contribution in [2.45, 2.75) is 13.0 Å². The van der Waals surface area contributed by atoms with Gasteiger partial charge in [0.25, 0.3) is 5.19 Å². The van der Waals surface area contributed by atoms with Gasteiger partial charge in [-0.3, -0.25) is 0 Å². The predicted molar refractivity (Wildman–Crippen MR) is 76.3 cm³/mol. The van der Waals surface area contributed by atoms with Crippen LogP contribution < -0.4 is 10.1 Å². The molecule has 0 amide bonds. The standard InChI is InChI=1S/C12H23N3O4S/c1-16-7-4-13-10-11-14-15-12(20-11)19-6-3-5-18-9-8-17-2/h13H,3-10H2,1-2H3. The lowest BCUT2D eigenvalue weighted by Crippen LogP contribution is -2.18. The van der Waals surface area contributed by atoms with Gasteiger partial charge in [-0.05, 0) is 0 Å². The molecule has 1 aromatic rings. The Balaban J connectivity index is 2.02. The zero-order valence-corrected chi connectivity index (χ0v) is 12.9. The quantitative estimate of drug-likeness (QED) is 0.538. The molecule has 0 radical (unpaired) electrons. The molecule has 0 fully saturated rings. The third kappa shape index (κ3) is 8.39. The summed E-state index contributed by atoms with van der Waals surface area (Å²) in [5, 5.41) is 12.7. The topological polar surface area (TPSA) is 74.7 Å². The highest BCUT2D eigenvalue weighted by Crippen LogP contribution is 2.17. The van der Waals surface area contributed by atoms with E-state index in [4.69, 9.17) is 18.9 Å². The van der Waals surface area contributed by atoms with E-state index >= 15 is 0 Å². The van der Waals surface area contributed by atoms with Gasteiger partial charge in [-0.25, -0.2) is 0 Å². The van der Waals surface area contributed by atoms with E-state index in [0.29, 0.717) is 44.8 Å². The highest BCUT2D eigenvalue weighted by atomic mass is 32.1. The second kappa shape index (κ2) is 12.0. The molecule has 0 aliphatic carbocycles. The molecule has 0 aliphatic heterocycles. The van der Waals surface area contributed by atoms with E-state index < -0.39 is 0 Å². The number of hydrogen-bond acceptors (Lipinski definition) is 8. The largest absolute Gasteiger partial charge is 0.469 e. The van der Waals surface area contributed by atoms with Crippen molar-refractivity contribution in [1.29, 1.82) is 0 Å². The summed E-state index contributed by atoms with van der Waals surface area (Å²) in [5.74, 6) is 0. The maximum absolute atomic E-state index is 5.50. The molecule has 0 spiro atoms. The van der Waals surface area contributed by atoms with E-state index in [1.807, 2.05) is 0 Å². The second-order valence-corrected chi connectivity index (χ2v) is 4.96. The number of ether oxygens (including phenoxy) is 4. The van der Waals surface area contributed by atoms with E-state index in [1.54, 1.807) is 14.2 Å². The molecular formula is C12H23N3O4S. The normalized spacial score (nSPS) is 10.9. The minimum Gasteiger partial charge on any atom is -0.469 e. The molecule has 116 valence electrons. The molecule has 7 nitrogen and oxygen atoms in total. The summed E-state index contributed by atoms with van der Waals surface area (Å²) in [6.07, 6.45) is 0.824. The average molecular weight is 305 g/mol. The van der Waals surface area contributed by atoms with Crippen molar-refractivity contribution < 1.29 is 18.9 Å². The Labute approximate surface area is 123 Å². The number of rotatable bonds is 13. The summed E-state index contributed by atoms with van der Waals surface area (Å²) in [6, 6.07) is 0. The van der Waals surface area contributed by atoms with Crippen LogP contribution in [0.2, 0.25) is 0 Å². The summed E-state index contributed by atoms with van der Waals surface area (Å²) >= 11 is 1.45. The van der Waals surface area contributed by atoms with Crippen molar-refractivity contribution in [3.63, 3.8) is 0 Å². The Morgan fingerprint density at radius 2 is 1.85 bits per heavy atom. The first-order valence-electron chi connectivity index (χ1n) is 6.58. The number of nitrogens with zero attached hydrogens (tertiary/aromatic N) is 2. The van der Waals surface area contributed by atoms with Crippen LogP contribution in [0, 0.1) is 0 Å². The molecular weight excluding hydrogens is 282 g/mol. The zero-order valence-electron chi connectivity index (χ0n) is 12.1. The van der Waals surface area contributed by atoms with E-state index in [-0.39, 0.29) is 0 Å². The number of methoxy groups -OCH3 is 2. The summed E-state index contributed by atoms with van der Waals surface area (Å²) in [5.41, 5.74) is 0. The van der Waals surface area contributed by atoms with Crippen molar-refractivity contribution in [3.8, 4) is 5.19 Å². The second-order valence-electron chi connectivity index (χ2n) is 3.94. The molecule has 0 aliphatic rings. The van der Waals surface area contributed by atoms with Crippen molar-refractivity contribution in [3.05, 3.63) is 5.01 Å². The van der Waals surface area contributed by atoms with Gasteiger partial charge in [0, 0.05) is 40.3 Å². The first-order valence-corrected chi connectivity index (χ1v) is 7.40. The van der Waals surface area contributed by atoms with Crippen LogP contribution in [0.3, 0.4) is 0 Å². The van der Waals surface area contributed by atoms with Gasteiger partial charge in [0.05, 0.1) is 26.4 Å². The molecule has 0 bridgehead atoms. The SMILES string of the molecule is COCCNCc1nnc(OCCCOCCOC)s1. The van der Waals surface area contributed by atoms with Gasteiger partial charge in [-0.2, -0.15) is 0 Å². The van der Waals surface area contributed by atoms with Crippen molar-refractivity contribution in [1.82, 2.24) is 15.5 Å². The fourth-order valence-electron chi connectivity index (χ4n) is 1.30. The summed E-state index contributed by atoms with van der Waals surface area (Å²) in [6.45, 7) is 4.65. The fourth-order valence-corrected chi connectivity index (χ4v) is 1.98. The maximum Gasteiger partial charge on any atom is 0.294 e. The molecule has 1 N–H and O–H groups in total. The van der Waals surface area contributed by atoms with E-state index in [0.717, 1.165) is 18.0 Å². The molecule has 0 aromatic carbocycles. The molecule has 1 rings (SSSR count). The Kier molecular flexibility index (Phi) is 10.3. The molecule has 8 heteroatoms. The van der Waals surface area contributed by atoms with Gasteiger partial charge in [0.15, 0.2) is 0 Å². The molecule has 1 heterocycles. The monoisotopic (exact) mass is 305 g/mol. The van der Waals surface area contributed by atoms with E-state index in [9.17, 15) is 0 Å². The fraction of sp³-hybridized carbons (Fsp3) is 0.833. The summed E-state index contributed by atoms with van der Waals surface area (Å²) < 4.78 is 20.7. The van der Waals surface area contributed by atoms with Crippen LogP contribution in [0.1, 0.15) is 11.4 Å². The first-order chi connectivity index (χ1) is 9.86. The lowest BCUT2D eigenvalue weighted by molar-refractivity contribution is 0.0644. The van der Waals surface area contributed by atoms with Gasteiger partial charge in [0.1, 0.15) is 5.01 Å².